The van der Waals surface area contributed by atoms with Crippen molar-refractivity contribution in [2.24, 2.45) is 5.73 Å². The average molecular weight is 282 g/mol. The quantitative estimate of drug-likeness (QED) is 0.905. The molecule has 2 nitrogen and oxygen atoms in total. The van der Waals surface area contributed by atoms with Crippen LogP contribution in [0.5, 0.6) is 0 Å². The maximum atomic E-state index is 6.36. The molecule has 0 amide bonds. The number of nitrogens with two attached hydrogens (primary N) is 1. The highest BCUT2D eigenvalue weighted by Gasteiger charge is 2.11. The minimum atomic E-state index is 0.0540. The first-order chi connectivity index (χ1) is 9.97. The minimum absolute atomic E-state index is 0.0540. The van der Waals surface area contributed by atoms with Gasteiger partial charge in [-0.2, -0.15) is 0 Å². The van der Waals surface area contributed by atoms with Gasteiger partial charge in [0.2, 0.25) is 0 Å². The van der Waals surface area contributed by atoms with E-state index in [2.05, 4.69) is 75.2 Å². The average Bonchev–Trinajstić information content (AvgIpc) is 2.44. The minimum Gasteiger partial charge on any atom is -0.323 e. The van der Waals surface area contributed by atoms with Gasteiger partial charge in [0.1, 0.15) is 0 Å². The van der Waals surface area contributed by atoms with Crippen LogP contribution in [0.4, 0.5) is 0 Å². The fraction of sp³-hybridized carbons (Fsp3) is 0.368. The fourth-order valence-electron chi connectivity index (χ4n) is 2.58. The van der Waals surface area contributed by atoms with Crippen LogP contribution < -0.4 is 5.73 Å². The molecule has 2 N–H and O–H groups in total. The Labute approximate surface area is 128 Å². The second-order valence-corrected chi connectivity index (χ2v) is 6.07. The second kappa shape index (κ2) is 6.88. The third kappa shape index (κ3) is 4.16. The maximum Gasteiger partial charge on any atom is 0.0424 e. The Balaban J connectivity index is 2.00. The Morgan fingerprint density at radius 2 is 1.67 bits per heavy atom. The van der Waals surface area contributed by atoms with Gasteiger partial charge in [0.15, 0.2) is 0 Å². The Morgan fingerprint density at radius 1 is 0.952 bits per heavy atom. The van der Waals surface area contributed by atoms with Crippen LogP contribution in [0.15, 0.2) is 42.5 Å². The van der Waals surface area contributed by atoms with E-state index in [1.54, 1.807) is 0 Å². The van der Waals surface area contributed by atoms with Crippen LogP contribution in [0, 0.1) is 20.8 Å². The van der Waals surface area contributed by atoms with Gasteiger partial charge in [0.25, 0.3) is 0 Å². The molecule has 1 unspecified atom stereocenters. The SMILES string of the molecule is Cc1ccc(C(N)CN(C)Cc2ccccc2C)cc1C. The van der Waals surface area contributed by atoms with Crippen LogP contribution >= 0.6 is 0 Å². The molecule has 0 spiro atoms. The molecule has 2 rings (SSSR count). The summed E-state index contributed by atoms with van der Waals surface area (Å²) < 4.78 is 0. The maximum absolute atomic E-state index is 6.36. The van der Waals surface area contributed by atoms with E-state index in [-0.39, 0.29) is 6.04 Å². The van der Waals surface area contributed by atoms with E-state index in [1.165, 1.54) is 27.8 Å². The highest BCUT2D eigenvalue weighted by molar-refractivity contribution is 5.32. The molecule has 0 bridgehead atoms. The second-order valence-electron chi connectivity index (χ2n) is 6.07. The summed E-state index contributed by atoms with van der Waals surface area (Å²) in [6.07, 6.45) is 0. The molecule has 2 aromatic rings. The van der Waals surface area contributed by atoms with Crippen molar-refractivity contribution in [1.29, 1.82) is 0 Å². The molecule has 0 saturated heterocycles. The summed E-state index contributed by atoms with van der Waals surface area (Å²) >= 11 is 0. The molecule has 0 aliphatic carbocycles. The standard InChI is InChI=1S/C19H26N2/c1-14-9-10-17(11-16(14)3)19(20)13-21(4)12-18-8-6-5-7-15(18)2/h5-11,19H,12-13,20H2,1-4H3. The third-order valence-electron chi connectivity index (χ3n) is 4.17. The highest BCUT2D eigenvalue weighted by Crippen LogP contribution is 2.17. The van der Waals surface area contributed by atoms with E-state index < -0.39 is 0 Å². The van der Waals surface area contributed by atoms with Crippen LogP contribution in [0.1, 0.15) is 33.9 Å². The van der Waals surface area contributed by atoms with Gasteiger partial charge in [-0.25, -0.2) is 0 Å². The van der Waals surface area contributed by atoms with E-state index in [9.17, 15) is 0 Å². The van der Waals surface area contributed by atoms with Crippen LogP contribution in [0.25, 0.3) is 0 Å². The van der Waals surface area contributed by atoms with Gasteiger partial charge in [0.05, 0.1) is 0 Å². The normalized spacial score (nSPS) is 12.7. The van der Waals surface area contributed by atoms with Crippen molar-refractivity contribution < 1.29 is 0 Å². The summed E-state index contributed by atoms with van der Waals surface area (Å²) in [6, 6.07) is 15.1. The topological polar surface area (TPSA) is 29.3 Å². The fourth-order valence-corrected chi connectivity index (χ4v) is 2.58. The molecule has 21 heavy (non-hydrogen) atoms. The molecule has 2 heteroatoms. The lowest BCUT2D eigenvalue weighted by Crippen LogP contribution is -2.29. The van der Waals surface area contributed by atoms with Crippen molar-refractivity contribution in [2.45, 2.75) is 33.4 Å². The summed E-state index contributed by atoms with van der Waals surface area (Å²) in [5, 5.41) is 0. The van der Waals surface area contributed by atoms with E-state index in [0.717, 1.165) is 13.1 Å². The van der Waals surface area contributed by atoms with Gasteiger partial charge >= 0.3 is 0 Å². The molecule has 0 aliphatic rings. The molecular formula is C19H26N2. The zero-order valence-electron chi connectivity index (χ0n) is 13.6. The molecule has 1 atom stereocenters. The van der Waals surface area contributed by atoms with Crippen molar-refractivity contribution in [3.63, 3.8) is 0 Å². The predicted octanol–water partition coefficient (Wildman–Crippen LogP) is 3.74. The summed E-state index contributed by atoms with van der Waals surface area (Å²) in [5.41, 5.74) is 12.9. The number of hydrogen-bond acceptors (Lipinski definition) is 2. The molecular weight excluding hydrogens is 256 g/mol. The third-order valence-corrected chi connectivity index (χ3v) is 4.17. The number of rotatable bonds is 5. The molecule has 0 aromatic heterocycles. The zero-order valence-corrected chi connectivity index (χ0v) is 13.6. The van der Waals surface area contributed by atoms with Crippen LogP contribution in [-0.4, -0.2) is 18.5 Å². The molecule has 0 saturated carbocycles. The predicted molar refractivity (Wildman–Crippen MR) is 90.4 cm³/mol. The van der Waals surface area contributed by atoms with Crippen molar-refractivity contribution in [1.82, 2.24) is 4.90 Å². The molecule has 0 aliphatic heterocycles. The zero-order chi connectivity index (χ0) is 15.4. The summed E-state index contributed by atoms with van der Waals surface area (Å²) in [5.74, 6) is 0. The van der Waals surface area contributed by atoms with Crippen LogP contribution in [-0.2, 0) is 6.54 Å². The summed E-state index contributed by atoms with van der Waals surface area (Å²) in [4.78, 5) is 2.29. The Bertz CT molecular complexity index is 604. The van der Waals surface area contributed by atoms with Gasteiger partial charge in [0, 0.05) is 19.1 Å². The van der Waals surface area contributed by atoms with Gasteiger partial charge < -0.3 is 10.6 Å². The highest BCUT2D eigenvalue weighted by atomic mass is 15.1. The molecule has 0 fully saturated rings. The largest absolute Gasteiger partial charge is 0.323 e. The van der Waals surface area contributed by atoms with Crippen LogP contribution in [0.3, 0.4) is 0 Å². The van der Waals surface area contributed by atoms with Crippen molar-refractivity contribution in [2.75, 3.05) is 13.6 Å². The van der Waals surface area contributed by atoms with E-state index in [4.69, 9.17) is 5.73 Å². The number of nitrogens with zero attached hydrogens (tertiary/aromatic N) is 1. The molecule has 0 radical (unpaired) electrons. The lowest BCUT2D eigenvalue weighted by atomic mass is 10.0. The molecule has 0 heterocycles. The lowest BCUT2D eigenvalue weighted by molar-refractivity contribution is 0.304. The summed E-state index contributed by atoms with van der Waals surface area (Å²) in [7, 11) is 2.13. The van der Waals surface area contributed by atoms with E-state index >= 15 is 0 Å². The number of likely N-dealkylation sites (N-methyl/N-ethyl adjacent to an activating group) is 1. The first kappa shape index (κ1) is 15.7. The summed E-state index contributed by atoms with van der Waals surface area (Å²) in [6.45, 7) is 8.23. The Hall–Kier alpha value is -1.64. The Kier molecular flexibility index (Phi) is 5.16. The first-order valence-electron chi connectivity index (χ1n) is 7.53. The van der Waals surface area contributed by atoms with Crippen molar-refractivity contribution in [3.8, 4) is 0 Å². The van der Waals surface area contributed by atoms with Crippen molar-refractivity contribution >= 4 is 0 Å². The lowest BCUT2D eigenvalue weighted by Gasteiger charge is -2.23. The van der Waals surface area contributed by atoms with Crippen molar-refractivity contribution in [3.05, 3.63) is 70.3 Å². The van der Waals surface area contributed by atoms with Gasteiger partial charge in [-0.3, -0.25) is 0 Å². The van der Waals surface area contributed by atoms with Gasteiger partial charge in [-0.05, 0) is 55.6 Å². The molecule has 2 aromatic carbocycles. The number of hydrogen-bond donors (Lipinski definition) is 1. The van der Waals surface area contributed by atoms with E-state index in [0.29, 0.717) is 0 Å². The number of aryl methyl sites for hydroxylation is 3. The first-order valence-corrected chi connectivity index (χ1v) is 7.53. The monoisotopic (exact) mass is 282 g/mol. The Morgan fingerprint density at radius 3 is 2.33 bits per heavy atom. The smallest absolute Gasteiger partial charge is 0.0424 e. The molecule has 112 valence electrons. The van der Waals surface area contributed by atoms with Gasteiger partial charge in [-0.1, -0.05) is 42.5 Å². The van der Waals surface area contributed by atoms with E-state index in [1.807, 2.05) is 0 Å². The number of benzene rings is 2. The van der Waals surface area contributed by atoms with Crippen LogP contribution in [0.2, 0.25) is 0 Å². The van der Waals surface area contributed by atoms with Gasteiger partial charge in [-0.15, -0.1) is 0 Å².